The van der Waals surface area contributed by atoms with E-state index < -0.39 is 11.7 Å². The van der Waals surface area contributed by atoms with Gasteiger partial charge in [0.2, 0.25) is 0 Å². The van der Waals surface area contributed by atoms with Crippen LogP contribution in [0.25, 0.3) is 0 Å². The van der Waals surface area contributed by atoms with E-state index in [1.54, 1.807) is 6.07 Å². The zero-order chi connectivity index (χ0) is 12.9. The third-order valence-electron chi connectivity index (χ3n) is 1.84. The number of hydrogen-bond acceptors (Lipinski definition) is 1. The summed E-state index contributed by atoms with van der Waals surface area (Å²) in [6.07, 6.45) is -4.09. The van der Waals surface area contributed by atoms with E-state index in [0.29, 0.717) is 12.3 Å². The number of rotatable bonds is 1. The predicted octanol–water partition coefficient (Wildman–Crippen LogP) is 3.56. The zero-order valence-electron chi connectivity index (χ0n) is 8.61. The molecule has 1 aromatic rings. The molecule has 1 nitrogen and oxygen atoms in total. The van der Waals surface area contributed by atoms with Crippen molar-refractivity contribution in [3.8, 4) is 17.9 Å². The van der Waals surface area contributed by atoms with E-state index in [1.807, 2.05) is 0 Å². The average molecular weight is 258 g/mol. The Morgan fingerprint density at radius 1 is 1.18 bits per heavy atom. The zero-order valence-corrected chi connectivity index (χ0v) is 9.36. The summed E-state index contributed by atoms with van der Waals surface area (Å²) in [6.45, 7) is 0. The number of benzene rings is 1. The maximum absolute atomic E-state index is 12.5. The molecular weight excluding hydrogens is 251 g/mol. The quantitative estimate of drug-likeness (QED) is 0.557. The van der Waals surface area contributed by atoms with E-state index >= 15 is 0 Å². The topological polar surface area (TPSA) is 23.8 Å². The van der Waals surface area contributed by atoms with Crippen molar-refractivity contribution in [3.63, 3.8) is 0 Å². The summed E-state index contributed by atoms with van der Waals surface area (Å²) in [4.78, 5) is 0. The van der Waals surface area contributed by atoms with Crippen LogP contribution in [-0.2, 0) is 6.18 Å². The Kier molecular flexibility index (Phi) is 4.43. The Morgan fingerprint density at radius 3 is 2.35 bits per heavy atom. The molecule has 0 saturated carbocycles. The van der Waals surface area contributed by atoms with Gasteiger partial charge in [0.15, 0.2) is 0 Å². The second kappa shape index (κ2) is 5.61. The van der Waals surface area contributed by atoms with Gasteiger partial charge in [-0.3, -0.25) is 0 Å². The first-order valence-electron chi connectivity index (χ1n) is 4.64. The van der Waals surface area contributed by atoms with Gasteiger partial charge in [0.1, 0.15) is 0 Å². The Labute approximate surface area is 102 Å². The number of nitrogens with zero attached hydrogens (tertiary/aromatic N) is 1. The van der Waals surface area contributed by atoms with Gasteiger partial charge in [-0.15, -0.1) is 11.6 Å². The van der Waals surface area contributed by atoms with Crippen LogP contribution in [0.5, 0.6) is 0 Å². The van der Waals surface area contributed by atoms with Crippen LogP contribution in [0.3, 0.4) is 0 Å². The van der Waals surface area contributed by atoms with Gasteiger partial charge in [0, 0.05) is 17.9 Å². The lowest BCUT2D eigenvalue weighted by Crippen LogP contribution is -2.05. The van der Waals surface area contributed by atoms with Crippen LogP contribution in [0, 0.1) is 23.2 Å². The van der Waals surface area contributed by atoms with Crippen molar-refractivity contribution < 1.29 is 13.2 Å². The van der Waals surface area contributed by atoms with E-state index in [-0.39, 0.29) is 11.1 Å². The van der Waals surface area contributed by atoms with Gasteiger partial charge in [-0.2, -0.15) is 18.4 Å². The highest BCUT2D eigenvalue weighted by atomic mass is 35.5. The monoisotopic (exact) mass is 257 g/mol. The highest BCUT2D eigenvalue weighted by Crippen LogP contribution is 2.30. The summed E-state index contributed by atoms with van der Waals surface area (Å²) in [7, 11) is 0. The maximum Gasteiger partial charge on any atom is 0.416 e. The molecule has 0 unspecified atom stereocenters. The van der Waals surface area contributed by atoms with Gasteiger partial charge in [-0.1, -0.05) is 11.8 Å². The third-order valence-corrected chi connectivity index (χ3v) is 2.03. The Morgan fingerprint density at radius 2 is 1.82 bits per heavy atom. The maximum atomic E-state index is 12.5. The molecule has 0 fully saturated rings. The number of hydrogen-bond donors (Lipinski definition) is 0. The summed E-state index contributed by atoms with van der Waals surface area (Å²) < 4.78 is 37.5. The van der Waals surface area contributed by atoms with Gasteiger partial charge in [0.05, 0.1) is 17.2 Å². The average Bonchev–Trinajstić information content (AvgIpc) is 2.28. The summed E-state index contributed by atoms with van der Waals surface area (Å²) in [5, 5.41) is 8.64. The number of nitriles is 1. The molecule has 1 aromatic carbocycles. The highest BCUT2D eigenvalue weighted by Gasteiger charge is 2.31. The van der Waals surface area contributed by atoms with Crippen molar-refractivity contribution in [1.29, 1.82) is 5.26 Å². The van der Waals surface area contributed by atoms with Gasteiger partial charge in [0.25, 0.3) is 0 Å². The van der Waals surface area contributed by atoms with Crippen molar-refractivity contribution in [2.75, 3.05) is 5.88 Å². The molecule has 0 saturated heterocycles. The highest BCUT2D eigenvalue weighted by molar-refractivity contribution is 6.18. The van der Waals surface area contributed by atoms with Crippen LogP contribution in [-0.4, -0.2) is 5.88 Å². The molecule has 0 aliphatic carbocycles. The molecule has 5 heteroatoms. The smallest absolute Gasteiger partial charge is 0.192 e. The van der Waals surface area contributed by atoms with Crippen molar-refractivity contribution in [3.05, 3.63) is 34.9 Å². The van der Waals surface area contributed by atoms with Crippen molar-refractivity contribution >= 4 is 11.6 Å². The van der Waals surface area contributed by atoms with Crippen LogP contribution >= 0.6 is 11.6 Å². The molecule has 0 aliphatic heterocycles. The molecule has 0 N–H and O–H groups in total. The van der Waals surface area contributed by atoms with Crippen LogP contribution in [0.15, 0.2) is 18.2 Å². The fourth-order valence-corrected chi connectivity index (χ4v) is 1.23. The van der Waals surface area contributed by atoms with E-state index in [0.717, 1.165) is 12.1 Å². The van der Waals surface area contributed by atoms with Crippen LogP contribution in [0.1, 0.15) is 23.1 Å². The minimum absolute atomic E-state index is 0.0602. The molecule has 0 atom stereocenters. The van der Waals surface area contributed by atoms with Crippen molar-refractivity contribution in [2.24, 2.45) is 0 Å². The van der Waals surface area contributed by atoms with E-state index in [9.17, 15) is 13.2 Å². The normalized spacial score (nSPS) is 10.3. The molecule has 0 aliphatic rings. The molecule has 0 aromatic heterocycles. The van der Waals surface area contributed by atoms with Gasteiger partial charge in [-0.25, -0.2) is 0 Å². The fourth-order valence-electron chi connectivity index (χ4n) is 1.14. The molecule has 1 rings (SSSR count). The lowest BCUT2D eigenvalue weighted by molar-refractivity contribution is -0.137. The van der Waals surface area contributed by atoms with E-state index in [2.05, 4.69) is 11.8 Å². The largest absolute Gasteiger partial charge is 0.416 e. The van der Waals surface area contributed by atoms with E-state index in [4.69, 9.17) is 16.9 Å². The minimum atomic E-state index is -4.48. The Balaban J connectivity index is 3.17. The Hall–Kier alpha value is -1.65. The Bertz CT molecular complexity index is 503. The molecule has 0 radical (unpaired) electrons. The first kappa shape index (κ1) is 13.4. The number of halogens is 4. The summed E-state index contributed by atoms with van der Waals surface area (Å²) in [5.41, 5.74) is -0.761. The molecule has 0 heterocycles. The third kappa shape index (κ3) is 4.01. The molecule has 0 spiro atoms. The summed E-state index contributed by atoms with van der Waals surface area (Å²) in [5.74, 6) is 5.49. The lowest BCUT2D eigenvalue weighted by Gasteiger charge is -2.07. The summed E-state index contributed by atoms with van der Waals surface area (Å²) in [6, 6.07) is 4.71. The predicted molar refractivity (Wildman–Crippen MR) is 58.4 cm³/mol. The first-order chi connectivity index (χ1) is 7.97. The van der Waals surface area contributed by atoms with Crippen molar-refractivity contribution in [2.45, 2.75) is 12.6 Å². The lowest BCUT2D eigenvalue weighted by atomic mass is 10.1. The summed E-state index contributed by atoms with van der Waals surface area (Å²) >= 11 is 5.40. The minimum Gasteiger partial charge on any atom is -0.192 e. The molecule has 0 bridgehead atoms. The molecule has 17 heavy (non-hydrogen) atoms. The fraction of sp³-hybridized carbons (Fsp3) is 0.250. The van der Waals surface area contributed by atoms with E-state index in [1.165, 1.54) is 6.07 Å². The molecular formula is C12H7ClF3N. The molecule has 0 amide bonds. The van der Waals surface area contributed by atoms with Crippen LogP contribution < -0.4 is 0 Å². The SMILES string of the molecule is N#Cc1cc(C#CCCCl)cc(C(F)(F)F)c1. The van der Waals surface area contributed by atoms with Crippen LogP contribution in [0.2, 0.25) is 0 Å². The van der Waals surface area contributed by atoms with Gasteiger partial charge < -0.3 is 0 Å². The second-order valence-electron chi connectivity index (χ2n) is 3.15. The van der Waals surface area contributed by atoms with Crippen LogP contribution in [0.4, 0.5) is 13.2 Å². The van der Waals surface area contributed by atoms with Gasteiger partial charge in [-0.05, 0) is 18.2 Å². The van der Waals surface area contributed by atoms with Gasteiger partial charge >= 0.3 is 6.18 Å². The van der Waals surface area contributed by atoms with Crippen molar-refractivity contribution in [1.82, 2.24) is 0 Å². The standard InChI is InChI=1S/C12H7ClF3N/c13-4-2-1-3-9-5-10(8-17)7-11(6-9)12(14,15)16/h5-7H,2,4H2. The second-order valence-corrected chi connectivity index (χ2v) is 3.53. The molecule has 88 valence electrons. The first-order valence-corrected chi connectivity index (χ1v) is 5.18. The number of alkyl halides is 4.